The van der Waals surface area contributed by atoms with E-state index >= 15 is 0 Å². The van der Waals surface area contributed by atoms with Crippen LogP contribution in [-0.4, -0.2) is 25.8 Å². The molecule has 0 saturated heterocycles. The van der Waals surface area contributed by atoms with Crippen molar-refractivity contribution in [3.63, 3.8) is 0 Å². The van der Waals surface area contributed by atoms with Gasteiger partial charge in [-0.2, -0.15) is 10.1 Å². The van der Waals surface area contributed by atoms with Gasteiger partial charge in [0.2, 0.25) is 5.89 Å². The number of benzene rings is 2. The molecule has 0 bridgehead atoms. The smallest absolute Gasteiger partial charge is 0.251 e. The first-order chi connectivity index (χ1) is 13.4. The molecule has 4 rings (SSSR count). The minimum Gasteiger partial charge on any atom is -0.341 e. The average Bonchev–Trinajstić information content (AvgIpc) is 3.26. The van der Waals surface area contributed by atoms with Crippen molar-refractivity contribution in [1.82, 2.24) is 25.2 Å². The molecule has 0 saturated carbocycles. The molecule has 0 unspecified atom stereocenters. The second kappa shape index (κ2) is 7.20. The van der Waals surface area contributed by atoms with E-state index in [1.54, 1.807) is 19.9 Å². The van der Waals surface area contributed by atoms with Crippen LogP contribution in [0.25, 0.3) is 16.6 Å². The summed E-state index contributed by atoms with van der Waals surface area (Å²) in [4.78, 5) is 16.9. The van der Waals surface area contributed by atoms with Gasteiger partial charge in [-0.3, -0.25) is 4.79 Å². The highest BCUT2D eigenvalue weighted by molar-refractivity contribution is 9.10. The van der Waals surface area contributed by atoms with Gasteiger partial charge in [0.05, 0.1) is 11.2 Å². The number of rotatable bonds is 4. The minimum atomic E-state index is -0.391. The van der Waals surface area contributed by atoms with Gasteiger partial charge in [0.1, 0.15) is 10.6 Å². The van der Waals surface area contributed by atoms with E-state index in [1.165, 1.54) is 5.56 Å². The number of aromatic nitrogens is 4. The Hall–Kier alpha value is -3.00. The van der Waals surface area contributed by atoms with Gasteiger partial charge in [0, 0.05) is 10.9 Å². The Morgan fingerprint density at radius 2 is 1.93 bits per heavy atom. The van der Waals surface area contributed by atoms with Gasteiger partial charge in [-0.1, -0.05) is 22.9 Å². The zero-order chi connectivity index (χ0) is 19.8. The summed E-state index contributed by atoms with van der Waals surface area (Å²) in [5.74, 6) is 0.682. The van der Waals surface area contributed by atoms with Crippen LogP contribution in [0.4, 0.5) is 0 Å². The maximum Gasteiger partial charge on any atom is 0.251 e. The predicted molar refractivity (Wildman–Crippen MR) is 108 cm³/mol. The lowest BCUT2D eigenvalue weighted by atomic mass is 10.1. The Labute approximate surface area is 169 Å². The molecule has 2 aromatic heterocycles. The van der Waals surface area contributed by atoms with Crippen molar-refractivity contribution in [3.05, 3.63) is 69.9 Å². The molecule has 0 radical (unpaired) electrons. The van der Waals surface area contributed by atoms with Crippen molar-refractivity contribution in [1.29, 1.82) is 0 Å². The van der Waals surface area contributed by atoms with Crippen LogP contribution < -0.4 is 5.32 Å². The fourth-order valence-corrected chi connectivity index (χ4v) is 3.43. The predicted octanol–water partition coefficient (Wildman–Crippen LogP) is 4.28. The van der Waals surface area contributed by atoms with Crippen LogP contribution in [0.1, 0.15) is 40.6 Å². The molecule has 0 fully saturated rings. The normalized spacial score (nSPS) is 12.3. The third kappa shape index (κ3) is 3.43. The van der Waals surface area contributed by atoms with Crippen molar-refractivity contribution >= 4 is 32.7 Å². The molecule has 0 aliphatic rings. The van der Waals surface area contributed by atoms with E-state index in [2.05, 4.69) is 36.5 Å². The molecule has 2 heterocycles. The van der Waals surface area contributed by atoms with Crippen LogP contribution in [0.2, 0.25) is 0 Å². The number of carbonyl (C=O) groups excluding carboxylic acids is 1. The summed E-state index contributed by atoms with van der Waals surface area (Å²) in [6.45, 7) is 5.57. The number of nitrogens with one attached hydrogen (secondary N) is 1. The van der Waals surface area contributed by atoms with Crippen molar-refractivity contribution < 1.29 is 9.32 Å². The second-order valence-electron chi connectivity index (χ2n) is 6.65. The Kier molecular flexibility index (Phi) is 4.72. The number of aryl methyl sites for hydroxylation is 2. The summed E-state index contributed by atoms with van der Waals surface area (Å²) in [6, 6.07) is 13.2. The monoisotopic (exact) mass is 439 g/mol. The number of hydrogen-bond donors (Lipinski definition) is 1. The Bertz CT molecular complexity index is 1160. The molecule has 142 valence electrons. The third-order valence-corrected chi connectivity index (χ3v) is 5.02. The van der Waals surface area contributed by atoms with Crippen molar-refractivity contribution in [2.75, 3.05) is 0 Å². The van der Waals surface area contributed by atoms with Crippen LogP contribution in [0, 0.1) is 13.8 Å². The molecule has 4 aromatic rings. The second-order valence-corrected chi connectivity index (χ2v) is 7.40. The first-order valence-corrected chi connectivity index (χ1v) is 9.58. The molecule has 0 aliphatic heterocycles. The lowest BCUT2D eigenvalue weighted by molar-refractivity contribution is 0.0932. The van der Waals surface area contributed by atoms with E-state index in [0.29, 0.717) is 17.3 Å². The summed E-state index contributed by atoms with van der Waals surface area (Å²) >= 11 is 3.50. The van der Waals surface area contributed by atoms with E-state index in [-0.39, 0.29) is 5.91 Å². The van der Waals surface area contributed by atoms with E-state index in [0.717, 1.165) is 21.2 Å². The van der Waals surface area contributed by atoms with Gasteiger partial charge in [0.25, 0.3) is 5.91 Å². The van der Waals surface area contributed by atoms with Crippen molar-refractivity contribution in [2.45, 2.75) is 26.8 Å². The van der Waals surface area contributed by atoms with Crippen LogP contribution in [0.5, 0.6) is 0 Å². The number of fused-ring (bicyclic) bond motifs is 1. The van der Waals surface area contributed by atoms with Gasteiger partial charge in [-0.15, -0.1) is 0 Å². The summed E-state index contributed by atoms with van der Waals surface area (Å²) < 4.78 is 7.67. The highest BCUT2D eigenvalue weighted by Gasteiger charge is 2.18. The highest BCUT2D eigenvalue weighted by atomic mass is 79.9. The molecular formula is C20H18BrN5O2. The lowest BCUT2D eigenvalue weighted by Gasteiger charge is -2.10. The molecule has 1 atom stereocenters. The van der Waals surface area contributed by atoms with E-state index < -0.39 is 6.04 Å². The number of amides is 1. The lowest BCUT2D eigenvalue weighted by Crippen LogP contribution is -2.26. The topological polar surface area (TPSA) is 85.8 Å². The Balaban J connectivity index is 1.67. The van der Waals surface area contributed by atoms with Crippen LogP contribution in [0.3, 0.4) is 0 Å². The SMILES string of the molecule is Cc1ccc(-n2nc(Br)c3ccc(C(=O)N[C@H](C)c4nc(C)no4)cc32)cc1. The first kappa shape index (κ1) is 18.4. The summed E-state index contributed by atoms with van der Waals surface area (Å²) in [5.41, 5.74) is 3.46. The van der Waals surface area contributed by atoms with Crippen LogP contribution in [-0.2, 0) is 0 Å². The van der Waals surface area contributed by atoms with Gasteiger partial charge >= 0.3 is 0 Å². The molecule has 1 N–H and O–H groups in total. The van der Waals surface area contributed by atoms with Gasteiger partial charge < -0.3 is 9.84 Å². The number of carbonyl (C=O) groups is 1. The van der Waals surface area contributed by atoms with Gasteiger partial charge in [-0.25, -0.2) is 4.68 Å². The van der Waals surface area contributed by atoms with E-state index in [4.69, 9.17) is 4.52 Å². The maximum absolute atomic E-state index is 12.7. The first-order valence-electron chi connectivity index (χ1n) is 8.79. The van der Waals surface area contributed by atoms with E-state index in [1.807, 2.05) is 48.0 Å². The standard InChI is InChI=1S/C20H18BrN5O2/c1-11-4-7-15(8-5-11)26-17-10-14(6-9-16(17)18(21)24-26)19(27)22-12(2)20-23-13(3)25-28-20/h4-10,12H,1-3H3,(H,22,27)/t12-/m1/s1. The number of nitrogens with zero attached hydrogens (tertiary/aromatic N) is 4. The van der Waals surface area contributed by atoms with E-state index in [9.17, 15) is 4.79 Å². The van der Waals surface area contributed by atoms with Crippen LogP contribution in [0.15, 0.2) is 51.6 Å². The Morgan fingerprint density at radius 3 is 2.61 bits per heavy atom. The molecule has 7 nitrogen and oxygen atoms in total. The maximum atomic E-state index is 12.7. The van der Waals surface area contributed by atoms with Gasteiger partial charge in [0.15, 0.2) is 5.82 Å². The quantitative estimate of drug-likeness (QED) is 0.512. The average molecular weight is 440 g/mol. The Morgan fingerprint density at radius 1 is 1.18 bits per heavy atom. The fraction of sp³-hybridized carbons (Fsp3) is 0.200. The van der Waals surface area contributed by atoms with Crippen LogP contribution >= 0.6 is 15.9 Å². The van der Waals surface area contributed by atoms with Crippen molar-refractivity contribution in [2.24, 2.45) is 0 Å². The molecule has 28 heavy (non-hydrogen) atoms. The zero-order valence-corrected chi connectivity index (χ0v) is 17.2. The summed E-state index contributed by atoms with van der Waals surface area (Å²) in [5, 5.41) is 12.1. The number of halogens is 1. The fourth-order valence-electron chi connectivity index (χ4n) is 2.93. The molecule has 1 amide bonds. The molecule has 8 heteroatoms. The summed E-state index contributed by atoms with van der Waals surface area (Å²) in [7, 11) is 0. The zero-order valence-electron chi connectivity index (χ0n) is 15.6. The minimum absolute atomic E-state index is 0.224. The highest BCUT2D eigenvalue weighted by Crippen LogP contribution is 2.27. The largest absolute Gasteiger partial charge is 0.341 e. The molecule has 0 spiro atoms. The number of hydrogen-bond acceptors (Lipinski definition) is 5. The summed E-state index contributed by atoms with van der Waals surface area (Å²) in [6.07, 6.45) is 0. The third-order valence-electron chi connectivity index (χ3n) is 4.44. The molecular weight excluding hydrogens is 422 g/mol. The van der Waals surface area contributed by atoms with Gasteiger partial charge in [-0.05, 0) is 67.0 Å². The molecule has 2 aromatic carbocycles. The molecule has 0 aliphatic carbocycles. The van der Waals surface area contributed by atoms with Crippen molar-refractivity contribution in [3.8, 4) is 5.69 Å².